The Bertz CT molecular complexity index is 1040. The minimum atomic E-state index is -0.257. The van der Waals surface area contributed by atoms with Crippen molar-refractivity contribution in [2.75, 3.05) is 0 Å². The highest BCUT2D eigenvalue weighted by atomic mass is 127. The maximum Gasteiger partial charge on any atom is 0.124 e. The first-order valence-electron chi connectivity index (χ1n) is 7.49. The first-order valence-corrected chi connectivity index (χ1v) is 8.57. The molecule has 118 valence electrons. The number of aryl methyl sites for hydroxylation is 1. The molecule has 0 saturated carbocycles. The second-order valence-corrected chi connectivity index (χ2v) is 6.80. The summed E-state index contributed by atoms with van der Waals surface area (Å²) in [4.78, 5) is 4.73. The number of nitrogens with zero attached hydrogens (tertiary/aromatic N) is 3. The van der Waals surface area contributed by atoms with Crippen LogP contribution in [0.2, 0.25) is 0 Å². The highest BCUT2D eigenvalue weighted by Gasteiger charge is 2.12. The van der Waals surface area contributed by atoms with Crippen molar-refractivity contribution in [3.05, 3.63) is 75.7 Å². The molecule has 2 aromatic heterocycles. The third kappa shape index (κ3) is 2.80. The Balaban J connectivity index is 1.79. The van der Waals surface area contributed by atoms with Crippen LogP contribution in [0.15, 0.2) is 60.8 Å². The average Bonchev–Trinajstić information content (AvgIpc) is 2.97. The van der Waals surface area contributed by atoms with E-state index in [1.54, 1.807) is 16.8 Å². The summed E-state index contributed by atoms with van der Waals surface area (Å²) < 4.78 is 15.8. The molecule has 0 N–H and O–H groups in total. The molecule has 0 aliphatic rings. The van der Waals surface area contributed by atoms with E-state index < -0.39 is 0 Å². The number of hydrogen-bond acceptors (Lipinski definition) is 2. The molecule has 0 saturated heterocycles. The summed E-state index contributed by atoms with van der Waals surface area (Å²) in [7, 11) is 0. The van der Waals surface area contributed by atoms with Crippen LogP contribution in [0.4, 0.5) is 4.39 Å². The molecule has 0 spiro atoms. The average molecular weight is 429 g/mol. The lowest BCUT2D eigenvalue weighted by Gasteiger charge is -2.03. The minimum Gasteiger partial charge on any atom is -0.246 e. The number of benzene rings is 2. The van der Waals surface area contributed by atoms with E-state index in [9.17, 15) is 4.39 Å². The number of pyridine rings is 1. The number of aromatic nitrogens is 3. The van der Waals surface area contributed by atoms with Crippen molar-refractivity contribution >= 4 is 33.5 Å². The second-order valence-electron chi connectivity index (χ2n) is 5.64. The second kappa shape index (κ2) is 5.98. The predicted octanol–water partition coefficient (Wildman–Crippen LogP) is 5.14. The van der Waals surface area contributed by atoms with Gasteiger partial charge in [-0.15, -0.1) is 0 Å². The first kappa shape index (κ1) is 15.3. The largest absolute Gasteiger partial charge is 0.246 e. The van der Waals surface area contributed by atoms with Gasteiger partial charge in [0.1, 0.15) is 11.5 Å². The molecular formula is C19H13FIN3. The highest BCUT2D eigenvalue weighted by molar-refractivity contribution is 14.1. The Morgan fingerprint density at radius 3 is 2.58 bits per heavy atom. The van der Waals surface area contributed by atoms with E-state index in [-0.39, 0.29) is 5.82 Å². The van der Waals surface area contributed by atoms with Gasteiger partial charge >= 0.3 is 0 Å². The monoisotopic (exact) mass is 429 g/mol. The van der Waals surface area contributed by atoms with E-state index in [2.05, 4.69) is 52.8 Å². The fraction of sp³-hybridized carbons (Fsp3) is 0.0526. The van der Waals surface area contributed by atoms with Gasteiger partial charge in [-0.3, -0.25) is 0 Å². The van der Waals surface area contributed by atoms with Gasteiger partial charge < -0.3 is 0 Å². The predicted molar refractivity (Wildman–Crippen MR) is 102 cm³/mol. The Morgan fingerprint density at radius 1 is 1.00 bits per heavy atom. The Labute approximate surface area is 152 Å². The molecule has 2 aromatic carbocycles. The van der Waals surface area contributed by atoms with Crippen molar-refractivity contribution in [2.45, 2.75) is 6.92 Å². The van der Waals surface area contributed by atoms with Crippen LogP contribution in [0.25, 0.3) is 28.0 Å². The number of fused-ring (bicyclic) bond motifs is 1. The standard InChI is InChI=1S/C19H13FIN3/c1-12-2-8-17-13(10-12)3-9-18(22-17)19-16(21)11-24(23-19)15-6-4-14(20)5-7-15/h2-11H,1H3. The zero-order valence-electron chi connectivity index (χ0n) is 12.9. The van der Waals surface area contributed by atoms with Gasteiger partial charge in [0.25, 0.3) is 0 Å². The topological polar surface area (TPSA) is 30.7 Å². The van der Waals surface area contributed by atoms with Crippen molar-refractivity contribution in [3.8, 4) is 17.1 Å². The Morgan fingerprint density at radius 2 is 1.79 bits per heavy atom. The van der Waals surface area contributed by atoms with Gasteiger partial charge in [0.2, 0.25) is 0 Å². The first-order chi connectivity index (χ1) is 11.6. The third-order valence-electron chi connectivity index (χ3n) is 3.85. The molecule has 4 rings (SSSR count). The van der Waals surface area contributed by atoms with E-state index in [1.165, 1.54) is 17.7 Å². The highest BCUT2D eigenvalue weighted by Crippen LogP contribution is 2.26. The van der Waals surface area contributed by atoms with E-state index >= 15 is 0 Å². The maximum absolute atomic E-state index is 13.1. The van der Waals surface area contributed by atoms with Crippen LogP contribution in [-0.4, -0.2) is 14.8 Å². The fourth-order valence-electron chi connectivity index (χ4n) is 2.63. The zero-order chi connectivity index (χ0) is 16.7. The molecule has 0 bridgehead atoms. The molecule has 2 heterocycles. The van der Waals surface area contributed by atoms with Gasteiger partial charge in [-0.1, -0.05) is 17.7 Å². The van der Waals surface area contributed by atoms with Gasteiger partial charge in [0.05, 0.1) is 20.5 Å². The SMILES string of the molecule is Cc1ccc2nc(-c3nn(-c4ccc(F)cc4)cc3I)ccc2c1. The normalized spacial score (nSPS) is 11.1. The Kier molecular flexibility index (Phi) is 3.80. The van der Waals surface area contributed by atoms with Crippen LogP contribution in [0, 0.1) is 16.3 Å². The summed E-state index contributed by atoms with van der Waals surface area (Å²) in [6.45, 7) is 2.07. The molecule has 0 aliphatic carbocycles. The third-order valence-corrected chi connectivity index (χ3v) is 4.64. The maximum atomic E-state index is 13.1. The summed E-state index contributed by atoms with van der Waals surface area (Å²) in [5, 5.41) is 5.75. The van der Waals surface area contributed by atoms with Crippen LogP contribution >= 0.6 is 22.6 Å². The van der Waals surface area contributed by atoms with Gasteiger partial charge in [-0.05, 0) is 72.0 Å². The number of halogens is 2. The van der Waals surface area contributed by atoms with Crippen molar-refractivity contribution in [1.82, 2.24) is 14.8 Å². The zero-order valence-corrected chi connectivity index (χ0v) is 15.0. The van der Waals surface area contributed by atoms with Gasteiger partial charge in [-0.2, -0.15) is 5.10 Å². The molecule has 4 aromatic rings. The molecule has 0 aliphatic heterocycles. The molecule has 0 atom stereocenters. The molecule has 0 fully saturated rings. The van der Waals surface area contributed by atoms with Crippen molar-refractivity contribution < 1.29 is 4.39 Å². The molecule has 3 nitrogen and oxygen atoms in total. The van der Waals surface area contributed by atoms with Gasteiger partial charge in [0.15, 0.2) is 0 Å². The lowest BCUT2D eigenvalue weighted by molar-refractivity contribution is 0.627. The number of rotatable bonds is 2. The fourth-order valence-corrected chi connectivity index (χ4v) is 3.28. The summed E-state index contributed by atoms with van der Waals surface area (Å²) in [5.41, 5.74) is 4.63. The molecule has 0 amide bonds. The summed E-state index contributed by atoms with van der Waals surface area (Å²) >= 11 is 2.25. The molecule has 0 unspecified atom stereocenters. The van der Waals surface area contributed by atoms with Crippen LogP contribution in [0.3, 0.4) is 0 Å². The lowest BCUT2D eigenvalue weighted by atomic mass is 10.1. The van der Waals surface area contributed by atoms with Gasteiger partial charge in [-0.25, -0.2) is 14.1 Å². The van der Waals surface area contributed by atoms with E-state index in [4.69, 9.17) is 4.98 Å². The molecular weight excluding hydrogens is 416 g/mol. The quantitative estimate of drug-likeness (QED) is 0.414. The van der Waals surface area contributed by atoms with E-state index in [0.717, 1.165) is 31.5 Å². The van der Waals surface area contributed by atoms with Crippen LogP contribution < -0.4 is 0 Å². The van der Waals surface area contributed by atoms with Crippen molar-refractivity contribution in [1.29, 1.82) is 0 Å². The van der Waals surface area contributed by atoms with Gasteiger partial charge in [0, 0.05) is 11.6 Å². The molecule has 0 radical (unpaired) electrons. The smallest absolute Gasteiger partial charge is 0.124 e. The number of hydrogen-bond donors (Lipinski definition) is 0. The summed E-state index contributed by atoms with van der Waals surface area (Å²) in [6, 6.07) is 16.5. The summed E-state index contributed by atoms with van der Waals surface area (Å²) in [6.07, 6.45) is 1.92. The molecule has 5 heteroatoms. The lowest BCUT2D eigenvalue weighted by Crippen LogP contribution is -1.95. The minimum absolute atomic E-state index is 0.257. The van der Waals surface area contributed by atoms with Crippen molar-refractivity contribution in [3.63, 3.8) is 0 Å². The summed E-state index contributed by atoms with van der Waals surface area (Å²) in [5.74, 6) is -0.257. The van der Waals surface area contributed by atoms with Crippen LogP contribution in [0.1, 0.15) is 5.56 Å². The Hall–Kier alpha value is -2.28. The van der Waals surface area contributed by atoms with E-state index in [0.29, 0.717) is 0 Å². The van der Waals surface area contributed by atoms with Crippen LogP contribution in [0.5, 0.6) is 0 Å². The van der Waals surface area contributed by atoms with Crippen molar-refractivity contribution in [2.24, 2.45) is 0 Å². The van der Waals surface area contributed by atoms with E-state index in [1.807, 2.05) is 18.3 Å². The molecule has 24 heavy (non-hydrogen) atoms. The van der Waals surface area contributed by atoms with Crippen LogP contribution in [-0.2, 0) is 0 Å².